The fraction of sp³-hybridized carbons (Fsp3) is 1.00. The standard InChI is InChI=1S/C8H20N2S2.C6H16N2S4/c1-5-9(6-2)11-12-10(7-3)8-4;1-9-7(10-2)5-6-8(11-3)12-4/h5-8H2,1-4H3;5-6H2,1-4H3. The molecule has 0 rings (SSSR count). The fourth-order valence-corrected chi connectivity index (χ4v) is 6.12. The molecular weight excluding hydrogens is 417 g/mol. The lowest BCUT2D eigenvalue weighted by Crippen LogP contribution is -2.19. The number of nitrogens with zero attached hydrogens (tertiary/aromatic N) is 4. The van der Waals surface area contributed by atoms with E-state index in [1.54, 1.807) is 47.8 Å². The summed E-state index contributed by atoms with van der Waals surface area (Å²) < 4.78 is 9.25. The minimum Gasteiger partial charge on any atom is -0.241 e. The number of hydrogen-bond donors (Lipinski definition) is 0. The Labute approximate surface area is 176 Å². The second kappa shape index (κ2) is 21.2. The van der Waals surface area contributed by atoms with Gasteiger partial charge in [-0.15, -0.1) is 0 Å². The lowest BCUT2D eigenvalue weighted by Gasteiger charge is -2.21. The van der Waals surface area contributed by atoms with Gasteiger partial charge >= 0.3 is 0 Å². The van der Waals surface area contributed by atoms with Gasteiger partial charge in [-0.2, -0.15) is 7.42 Å². The van der Waals surface area contributed by atoms with Crippen molar-refractivity contribution in [1.82, 2.24) is 16.0 Å². The summed E-state index contributed by atoms with van der Waals surface area (Å²) in [5, 5.41) is 0. The Balaban J connectivity index is 0. The van der Waals surface area contributed by atoms with E-state index in [0.717, 1.165) is 39.3 Å². The van der Waals surface area contributed by atoms with E-state index in [0.29, 0.717) is 0 Å². The lowest BCUT2D eigenvalue weighted by atomic mass is 10.7. The summed E-state index contributed by atoms with van der Waals surface area (Å²) in [6.07, 6.45) is 8.44. The van der Waals surface area contributed by atoms with Crippen molar-refractivity contribution in [3.8, 4) is 0 Å². The molecule has 0 fully saturated rings. The summed E-state index contributed by atoms with van der Waals surface area (Å²) >= 11 is 7.14. The van der Waals surface area contributed by atoms with Crippen molar-refractivity contribution in [1.29, 1.82) is 0 Å². The quantitative estimate of drug-likeness (QED) is 0.243. The van der Waals surface area contributed by atoms with E-state index in [1.807, 2.05) is 22.0 Å². The summed E-state index contributed by atoms with van der Waals surface area (Å²) in [5.41, 5.74) is 0. The van der Waals surface area contributed by atoms with Crippen LogP contribution in [0.4, 0.5) is 0 Å². The van der Waals surface area contributed by atoms with Crippen LogP contribution in [0, 0.1) is 0 Å². The molecule has 0 N–H and O–H groups in total. The average Bonchev–Trinajstić information content (AvgIpc) is 2.63. The molecule has 0 aromatic rings. The Morgan fingerprint density at radius 2 is 0.750 bits per heavy atom. The van der Waals surface area contributed by atoms with Crippen molar-refractivity contribution in [3.05, 3.63) is 0 Å². The van der Waals surface area contributed by atoms with Crippen molar-refractivity contribution in [3.63, 3.8) is 0 Å². The molecular formula is C14H36N4S6. The second-order valence-corrected chi connectivity index (χ2v) is 10.1. The smallest absolute Gasteiger partial charge is 0.0349 e. The monoisotopic (exact) mass is 452 g/mol. The molecule has 0 aliphatic carbocycles. The van der Waals surface area contributed by atoms with Crippen LogP contribution in [0.1, 0.15) is 27.7 Å². The molecule has 148 valence electrons. The molecule has 0 spiro atoms. The van der Waals surface area contributed by atoms with E-state index in [-0.39, 0.29) is 0 Å². The largest absolute Gasteiger partial charge is 0.241 e. The fourth-order valence-electron chi connectivity index (χ4n) is 1.43. The highest BCUT2D eigenvalue weighted by Gasteiger charge is 2.05. The van der Waals surface area contributed by atoms with Gasteiger partial charge in [-0.25, -0.2) is 8.61 Å². The van der Waals surface area contributed by atoms with Crippen molar-refractivity contribution >= 4 is 69.8 Å². The van der Waals surface area contributed by atoms with Crippen LogP contribution >= 0.6 is 69.8 Å². The minimum absolute atomic E-state index is 1.10. The summed E-state index contributed by atoms with van der Waals surface area (Å²) in [4.78, 5) is 0. The summed E-state index contributed by atoms with van der Waals surface area (Å²) in [6, 6.07) is 0. The zero-order valence-corrected chi connectivity index (χ0v) is 21.4. The zero-order chi connectivity index (χ0) is 18.8. The van der Waals surface area contributed by atoms with Crippen molar-refractivity contribution in [2.75, 3.05) is 64.3 Å². The van der Waals surface area contributed by atoms with Gasteiger partial charge in [0.2, 0.25) is 0 Å². The van der Waals surface area contributed by atoms with Crippen molar-refractivity contribution in [2.24, 2.45) is 0 Å². The predicted octanol–water partition coefficient (Wildman–Crippen LogP) is 5.58. The molecule has 0 unspecified atom stereocenters. The summed E-state index contributed by atoms with van der Waals surface area (Å²) in [7, 11) is 3.71. The third-order valence-corrected chi connectivity index (χ3v) is 10.1. The van der Waals surface area contributed by atoms with Gasteiger partial charge in [0.05, 0.1) is 0 Å². The Hall–Kier alpha value is 1.94. The zero-order valence-electron chi connectivity index (χ0n) is 16.5. The molecule has 24 heavy (non-hydrogen) atoms. The van der Waals surface area contributed by atoms with Gasteiger partial charge in [0.15, 0.2) is 0 Å². The first-order valence-corrected chi connectivity index (χ1v) is 14.9. The van der Waals surface area contributed by atoms with Crippen LogP contribution in [-0.2, 0) is 0 Å². The molecule has 0 aliphatic rings. The third-order valence-electron chi connectivity index (χ3n) is 2.93. The van der Waals surface area contributed by atoms with E-state index in [2.05, 4.69) is 68.7 Å². The van der Waals surface area contributed by atoms with Crippen molar-refractivity contribution in [2.45, 2.75) is 27.7 Å². The van der Waals surface area contributed by atoms with Crippen LogP contribution in [0.25, 0.3) is 0 Å². The third kappa shape index (κ3) is 16.1. The van der Waals surface area contributed by atoms with E-state index in [9.17, 15) is 0 Å². The first-order valence-electron chi connectivity index (χ1n) is 8.12. The van der Waals surface area contributed by atoms with Gasteiger partial charge in [0, 0.05) is 61.2 Å². The molecule has 0 aromatic heterocycles. The van der Waals surface area contributed by atoms with Crippen LogP contribution in [0.2, 0.25) is 0 Å². The Morgan fingerprint density at radius 1 is 0.500 bits per heavy atom. The van der Waals surface area contributed by atoms with Crippen LogP contribution in [0.15, 0.2) is 0 Å². The molecule has 0 atom stereocenters. The van der Waals surface area contributed by atoms with Crippen molar-refractivity contribution < 1.29 is 0 Å². The molecule has 0 bridgehead atoms. The highest BCUT2D eigenvalue weighted by molar-refractivity contribution is 8.74. The van der Waals surface area contributed by atoms with Gasteiger partial charge in [-0.3, -0.25) is 0 Å². The van der Waals surface area contributed by atoms with Gasteiger partial charge in [-0.05, 0) is 25.0 Å². The molecule has 0 aromatic carbocycles. The average molecular weight is 453 g/mol. The Kier molecular flexibility index (Phi) is 24.9. The molecule has 10 heteroatoms. The molecule has 0 heterocycles. The van der Waals surface area contributed by atoms with Crippen LogP contribution in [0.5, 0.6) is 0 Å². The predicted molar refractivity (Wildman–Crippen MR) is 128 cm³/mol. The Morgan fingerprint density at radius 3 is 0.917 bits per heavy atom. The molecule has 0 radical (unpaired) electrons. The van der Waals surface area contributed by atoms with Crippen LogP contribution in [-0.4, -0.2) is 80.3 Å². The van der Waals surface area contributed by atoms with E-state index in [1.165, 1.54) is 0 Å². The van der Waals surface area contributed by atoms with Gasteiger partial charge in [0.25, 0.3) is 0 Å². The minimum atomic E-state index is 1.10. The lowest BCUT2D eigenvalue weighted by molar-refractivity contribution is 0.519. The van der Waals surface area contributed by atoms with Gasteiger partial charge in [0.1, 0.15) is 0 Å². The maximum atomic E-state index is 2.35. The van der Waals surface area contributed by atoms with Crippen LogP contribution < -0.4 is 0 Å². The maximum absolute atomic E-state index is 2.35. The van der Waals surface area contributed by atoms with E-state index in [4.69, 9.17) is 0 Å². The number of hydrogen-bond acceptors (Lipinski definition) is 10. The van der Waals surface area contributed by atoms with Gasteiger partial charge in [-0.1, -0.05) is 75.5 Å². The normalized spacial score (nSPS) is 11.5. The van der Waals surface area contributed by atoms with Crippen LogP contribution in [0.3, 0.4) is 0 Å². The first-order chi connectivity index (χ1) is 11.6. The highest BCUT2D eigenvalue weighted by atomic mass is 33.1. The SMILES string of the molecule is CCN(CC)SSN(CC)CC.CSN(CCN(SC)SC)SC. The van der Waals surface area contributed by atoms with E-state index >= 15 is 0 Å². The van der Waals surface area contributed by atoms with E-state index < -0.39 is 0 Å². The topological polar surface area (TPSA) is 13.0 Å². The highest BCUT2D eigenvalue weighted by Crippen LogP contribution is 2.28. The molecule has 0 aliphatic heterocycles. The maximum Gasteiger partial charge on any atom is 0.0349 e. The molecule has 4 nitrogen and oxygen atoms in total. The summed E-state index contributed by atoms with van der Waals surface area (Å²) in [5.74, 6) is 0. The molecule has 0 saturated carbocycles. The molecule has 0 saturated heterocycles. The Bertz CT molecular complexity index is 189. The van der Waals surface area contributed by atoms with Gasteiger partial charge < -0.3 is 0 Å². The molecule has 0 amide bonds. The number of rotatable bonds is 14. The first kappa shape index (κ1) is 28.2. The second-order valence-electron chi connectivity index (χ2n) is 4.22. The summed E-state index contributed by atoms with van der Waals surface area (Å²) in [6.45, 7) is 15.5.